The first-order valence-corrected chi connectivity index (χ1v) is 14.9. The second kappa shape index (κ2) is 20.2. The summed E-state index contributed by atoms with van der Waals surface area (Å²) < 4.78 is 7.04. The third-order valence-electron chi connectivity index (χ3n) is 6.52. The highest BCUT2D eigenvalue weighted by Crippen LogP contribution is 2.30. The number of aryl methyl sites for hydroxylation is 1. The molecule has 0 amide bonds. The van der Waals surface area contributed by atoms with Crippen LogP contribution in [-0.4, -0.2) is 51.9 Å². The Kier molecular flexibility index (Phi) is 18.1. The van der Waals surface area contributed by atoms with E-state index in [-0.39, 0.29) is 0 Å². The highest BCUT2D eigenvalue weighted by Gasteiger charge is 2.14. The Morgan fingerprint density at radius 2 is 1.73 bits per heavy atom. The summed E-state index contributed by atoms with van der Waals surface area (Å²) in [7, 11) is 4.11. The number of rotatable bonds is 12. The third-order valence-corrected chi connectivity index (χ3v) is 6.94. The molecule has 1 aliphatic rings. The van der Waals surface area contributed by atoms with E-state index in [1.807, 2.05) is 26.0 Å². The molecule has 0 aliphatic carbocycles. The molecule has 1 saturated heterocycles. The molecule has 1 N–H and O–H groups in total. The van der Waals surface area contributed by atoms with Crippen LogP contribution in [0, 0.1) is 12.8 Å². The summed E-state index contributed by atoms with van der Waals surface area (Å²) in [5.74, 6) is 1.78. The van der Waals surface area contributed by atoms with Crippen LogP contribution in [0.15, 0.2) is 55.1 Å². The van der Waals surface area contributed by atoms with Crippen molar-refractivity contribution in [2.75, 3.05) is 51.9 Å². The average Bonchev–Trinajstić information content (AvgIpc) is 2.93. The molecule has 0 radical (unpaired) electrons. The number of unbranched alkanes of at least 4 members (excludes halogenated alkanes) is 2. The topological polar surface area (TPSA) is 27.7 Å². The Morgan fingerprint density at radius 1 is 1.05 bits per heavy atom. The molecule has 1 unspecified atom stereocenters. The van der Waals surface area contributed by atoms with Crippen molar-refractivity contribution in [3.63, 3.8) is 0 Å². The smallest absolute Gasteiger partial charge is 0.161 e. The molecule has 0 spiro atoms. The van der Waals surface area contributed by atoms with Crippen molar-refractivity contribution >= 4 is 26.1 Å². The average molecular weight is 575 g/mol. The first-order valence-electron chi connectivity index (χ1n) is 14.1. The zero-order valence-electron chi connectivity index (χ0n) is 24.4. The van der Waals surface area contributed by atoms with Crippen LogP contribution in [0.2, 0.25) is 0 Å². The van der Waals surface area contributed by atoms with Crippen molar-refractivity contribution < 1.29 is 4.74 Å². The van der Waals surface area contributed by atoms with Crippen LogP contribution in [0.25, 0.3) is 4.48 Å². The van der Waals surface area contributed by atoms with E-state index in [2.05, 4.69) is 102 Å². The highest BCUT2D eigenvalue weighted by atomic mass is 79.9. The number of anilines is 1. The Morgan fingerprint density at radius 3 is 2.32 bits per heavy atom. The SMILES string of the molecule is C=C(Br)c1ccccc1N(CCCCCC1CCCNC1)COc1ccc(C)cc1.CC.CCN(C)C. The number of hydrogen-bond donors (Lipinski definition) is 1. The van der Waals surface area contributed by atoms with Crippen LogP contribution in [-0.2, 0) is 0 Å². The predicted molar refractivity (Wildman–Crippen MR) is 168 cm³/mol. The van der Waals surface area contributed by atoms with Crippen molar-refractivity contribution in [2.24, 2.45) is 5.92 Å². The lowest BCUT2D eigenvalue weighted by atomic mass is 9.93. The van der Waals surface area contributed by atoms with Crippen LogP contribution in [0.5, 0.6) is 5.75 Å². The zero-order valence-corrected chi connectivity index (χ0v) is 25.9. The molecule has 37 heavy (non-hydrogen) atoms. The maximum absolute atomic E-state index is 6.14. The second-order valence-corrected chi connectivity index (χ2v) is 10.7. The molecule has 2 aromatic rings. The summed E-state index contributed by atoms with van der Waals surface area (Å²) in [6.07, 6.45) is 7.81. The van der Waals surface area contributed by atoms with E-state index in [0.29, 0.717) is 6.73 Å². The Hall–Kier alpha value is -1.82. The van der Waals surface area contributed by atoms with Gasteiger partial charge in [0.15, 0.2) is 6.73 Å². The van der Waals surface area contributed by atoms with Crippen LogP contribution in [0.1, 0.15) is 70.4 Å². The molecule has 0 bridgehead atoms. The van der Waals surface area contributed by atoms with E-state index < -0.39 is 0 Å². The van der Waals surface area contributed by atoms with Crippen LogP contribution in [0.3, 0.4) is 0 Å². The molecule has 5 heteroatoms. The van der Waals surface area contributed by atoms with Crippen LogP contribution >= 0.6 is 15.9 Å². The fraction of sp³-hybridized carbons (Fsp3) is 0.562. The van der Waals surface area contributed by atoms with Gasteiger partial charge in [-0.1, -0.05) is 92.0 Å². The number of halogens is 1. The maximum Gasteiger partial charge on any atom is 0.161 e. The lowest BCUT2D eigenvalue weighted by Gasteiger charge is -2.27. The minimum absolute atomic E-state index is 0.535. The van der Waals surface area contributed by atoms with Crippen LogP contribution in [0.4, 0.5) is 5.69 Å². The first kappa shape index (κ1) is 33.2. The summed E-state index contributed by atoms with van der Waals surface area (Å²) in [6, 6.07) is 16.7. The molecule has 0 aromatic heterocycles. The van der Waals surface area contributed by atoms with Gasteiger partial charge in [-0.25, -0.2) is 0 Å². The Balaban J connectivity index is 0.000000874. The lowest BCUT2D eigenvalue weighted by molar-refractivity contribution is 0.310. The van der Waals surface area contributed by atoms with Gasteiger partial charge in [-0.15, -0.1) is 0 Å². The van der Waals surface area contributed by atoms with E-state index >= 15 is 0 Å². The summed E-state index contributed by atoms with van der Waals surface area (Å²) in [4.78, 5) is 4.46. The maximum atomic E-state index is 6.14. The molecule has 1 fully saturated rings. The fourth-order valence-corrected chi connectivity index (χ4v) is 4.44. The number of benzene rings is 2. The molecule has 4 nitrogen and oxygen atoms in total. The summed E-state index contributed by atoms with van der Waals surface area (Å²) >= 11 is 3.57. The van der Waals surface area contributed by atoms with Gasteiger partial charge in [-0.3, -0.25) is 0 Å². The normalized spacial score (nSPS) is 14.6. The lowest BCUT2D eigenvalue weighted by Crippen LogP contribution is -2.30. The molecule has 1 aliphatic heterocycles. The fourth-order valence-electron chi connectivity index (χ4n) is 4.10. The largest absolute Gasteiger partial charge is 0.473 e. The number of para-hydroxylation sites is 1. The third kappa shape index (κ3) is 14.1. The number of piperidine rings is 1. The summed E-state index contributed by atoms with van der Waals surface area (Å²) in [6.45, 7) is 17.4. The van der Waals surface area contributed by atoms with E-state index in [4.69, 9.17) is 4.74 Å². The number of hydrogen-bond acceptors (Lipinski definition) is 4. The predicted octanol–water partition coefficient (Wildman–Crippen LogP) is 8.36. The molecule has 208 valence electrons. The van der Waals surface area contributed by atoms with Gasteiger partial charge in [0, 0.05) is 22.3 Å². The Bertz CT molecular complexity index is 847. The number of nitrogens with one attached hydrogen (secondary N) is 1. The van der Waals surface area contributed by atoms with Gasteiger partial charge in [0.05, 0.1) is 0 Å². The standard InChI is InChI=1S/C26H35BrN2O.C4H11N.C2H6/c1-21-13-15-24(16-14-21)30-20-29(26-12-6-5-11-25(26)22(2)27)18-7-3-4-9-23-10-8-17-28-19-23;1-4-5(2)3;1-2/h5-6,11-16,23,28H,2-4,7-10,17-20H2,1H3;4H2,1-3H3;1-2H3. The van der Waals surface area contributed by atoms with Crippen molar-refractivity contribution in [2.45, 2.75) is 66.2 Å². The summed E-state index contributed by atoms with van der Waals surface area (Å²) in [5.41, 5.74) is 3.54. The van der Waals surface area contributed by atoms with Gasteiger partial charge < -0.3 is 19.9 Å². The van der Waals surface area contributed by atoms with Gasteiger partial charge in [0.2, 0.25) is 0 Å². The minimum Gasteiger partial charge on any atom is -0.473 e. The second-order valence-electron chi connectivity index (χ2n) is 9.73. The molecule has 1 heterocycles. The molecule has 3 rings (SSSR count). The van der Waals surface area contributed by atoms with Crippen molar-refractivity contribution in [3.05, 3.63) is 66.2 Å². The van der Waals surface area contributed by atoms with E-state index in [9.17, 15) is 0 Å². The van der Waals surface area contributed by atoms with Crippen molar-refractivity contribution in [1.29, 1.82) is 0 Å². The van der Waals surface area contributed by atoms with Gasteiger partial charge >= 0.3 is 0 Å². The molecule has 0 saturated carbocycles. The quantitative estimate of drug-likeness (QED) is 0.204. The monoisotopic (exact) mass is 573 g/mol. The molecule has 1 atom stereocenters. The van der Waals surface area contributed by atoms with E-state index in [1.165, 1.54) is 62.9 Å². The Labute approximate surface area is 236 Å². The number of nitrogens with zero attached hydrogens (tertiary/aromatic N) is 2. The van der Waals surface area contributed by atoms with Gasteiger partial charge in [-0.2, -0.15) is 0 Å². The van der Waals surface area contributed by atoms with Crippen molar-refractivity contribution in [1.82, 2.24) is 10.2 Å². The van der Waals surface area contributed by atoms with Gasteiger partial charge in [0.1, 0.15) is 5.75 Å². The van der Waals surface area contributed by atoms with Gasteiger partial charge in [-0.05, 0) is 90.5 Å². The van der Waals surface area contributed by atoms with Crippen LogP contribution < -0.4 is 15.0 Å². The molecular weight excluding hydrogens is 522 g/mol. The van der Waals surface area contributed by atoms with E-state index in [1.54, 1.807) is 0 Å². The first-order chi connectivity index (χ1) is 17.9. The van der Waals surface area contributed by atoms with Gasteiger partial charge in [0.25, 0.3) is 0 Å². The highest BCUT2D eigenvalue weighted by molar-refractivity contribution is 9.15. The zero-order chi connectivity index (χ0) is 27.5. The van der Waals surface area contributed by atoms with E-state index in [0.717, 1.165) is 34.8 Å². The van der Waals surface area contributed by atoms with Crippen molar-refractivity contribution in [3.8, 4) is 5.75 Å². The summed E-state index contributed by atoms with van der Waals surface area (Å²) in [5, 5.41) is 3.53. The molecular formula is C32H52BrN3O. The number of ether oxygens (including phenoxy) is 1. The molecule has 2 aromatic carbocycles. The minimum atomic E-state index is 0.535.